The van der Waals surface area contributed by atoms with E-state index in [0.29, 0.717) is 31.2 Å². The Balaban J connectivity index is 1.47. The van der Waals surface area contributed by atoms with Gasteiger partial charge in [-0.3, -0.25) is 0 Å². The summed E-state index contributed by atoms with van der Waals surface area (Å²) in [5, 5.41) is 6.23. The van der Waals surface area contributed by atoms with Crippen molar-refractivity contribution in [3.63, 3.8) is 0 Å². The van der Waals surface area contributed by atoms with Crippen molar-refractivity contribution in [2.24, 2.45) is 0 Å². The molecule has 2 aromatic carbocycles. The maximum atomic E-state index is 12.7. The lowest BCUT2D eigenvalue weighted by molar-refractivity contribution is 0.0730. The van der Waals surface area contributed by atoms with E-state index in [1.54, 1.807) is 12.1 Å². The molecule has 1 aliphatic rings. The van der Waals surface area contributed by atoms with Crippen LogP contribution in [0.15, 0.2) is 64.9 Å². The van der Waals surface area contributed by atoms with Crippen LogP contribution in [0.25, 0.3) is 11.3 Å². The summed E-state index contributed by atoms with van der Waals surface area (Å²) in [6.45, 7) is 3.76. The third-order valence-corrected chi connectivity index (χ3v) is 7.59. The number of hydrogen-bond acceptors (Lipinski definition) is 6. The lowest BCUT2D eigenvalue weighted by atomic mass is 10.1. The van der Waals surface area contributed by atoms with E-state index in [4.69, 9.17) is 4.74 Å². The molecule has 0 saturated carbocycles. The van der Waals surface area contributed by atoms with Gasteiger partial charge in [-0.15, -0.1) is 11.3 Å². The minimum Gasteiger partial charge on any atom is -0.379 e. The first-order chi connectivity index (χ1) is 14.0. The second kappa shape index (κ2) is 8.62. The van der Waals surface area contributed by atoms with Gasteiger partial charge < -0.3 is 10.1 Å². The summed E-state index contributed by atoms with van der Waals surface area (Å²) in [7, 11) is -3.48. The molecule has 4 rings (SSSR count). The van der Waals surface area contributed by atoms with Crippen LogP contribution in [0.3, 0.4) is 0 Å². The summed E-state index contributed by atoms with van der Waals surface area (Å²) >= 11 is 1.54. The fourth-order valence-electron chi connectivity index (χ4n) is 3.22. The normalized spacial score (nSPS) is 16.4. The van der Waals surface area contributed by atoms with Crippen molar-refractivity contribution in [2.45, 2.75) is 17.9 Å². The lowest BCUT2D eigenvalue weighted by Gasteiger charge is -2.26. The second-order valence-electron chi connectivity index (χ2n) is 6.86. The Hall–Kier alpha value is -2.26. The monoisotopic (exact) mass is 429 g/mol. The Bertz CT molecular complexity index is 1040. The highest BCUT2D eigenvalue weighted by Gasteiger charge is 2.26. The molecule has 1 aliphatic heterocycles. The van der Waals surface area contributed by atoms with Crippen LogP contribution in [0.1, 0.15) is 18.5 Å². The van der Waals surface area contributed by atoms with Crippen LogP contribution in [0.5, 0.6) is 0 Å². The van der Waals surface area contributed by atoms with E-state index in [1.165, 1.54) is 21.2 Å². The Morgan fingerprint density at radius 1 is 1.07 bits per heavy atom. The Morgan fingerprint density at radius 3 is 2.45 bits per heavy atom. The molecule has 29 heavy (non-hydrogen) atoms. The molecule has 1 atom stereocenters. The zero-order valence-corrected chi connectivity index (χ0v) is 17.7. The van der Waals surface area contributed by atoms with Gasteiger partial charge in [0.25, 0.3) is 0 Å². The molecule has 1 aromatic heterocycles. The number of sulfonamides is 1. The summed E-state index contributed by atoms with van der Waals surface area (Å²) in [5.74, 6) is 0. The number of nitrogens with zero attached hydrogens (tertiary/aromatic N) is 2. The lowest BCUT2D eigenvalue weighted by Crippen LogP contribution is -2.40. The molecule has 6 nitrogen and oxygen atoms in total. The molecule has 2 heterocycles. The number of benzene rings is 2. The van der Waals surface area contributed by atoms with E-state index in [-0.39, 0.29) is 6.04 Å². The molecule has 0 unspecified atom stereocenters. The quantitative estimate of drug-likeness (QED) is 0.641. The van der Waals surface area contributed by atoms with Crippen molar-refractivity contribution in [1.82, 2.24) is 9.29 Å². The molecule has 0 bridgehead atoms. The van der Waals surface area contributed by atoms with Crippen LogP contribution in [0.4, 0.5) is 5.13 Å². The molecule has 0 radical (unpaired) electrons. The summed E-state index contributed by atoms with van der Waals surface area (Å²) in [5.41, 5.74) is 2.91. The summed E-state index contributed by atoms with van der Waals surface area (Å²) in [6.07, 6.45) is 0. The number of rotatable bonds is 6. The van der Waals surface area contributed by atoms with Gasteiger partial charge in [0.15, 0.2) is 5.13 Å². The van der Waals surface area contributed by atoms with Gasteiger partial charge in [-0.2, -0.15) is 4.31 Å². The third kappa shape index (κ3) is 4.51. The van der Waals surface area contributed by atoms with Crippen LogP contribution in [-0.4, -0.2) is 44.0 Å². The van der Waals surface area contributed by atoms with Gasteiger partial charge in [0, 0.05) is 24.0 Å². The van der Waals surface area contributed by atoms with E-state index in [2.05, 4.69) is 29.4 Å². The van der Waals surface area contributed by atoms with Gasteiger partial charge in [0.05, 0.1) is 29.8 Å². The number of ether oxygens (including phenoxy) is 1. The van der Waals surface area contributed by atoms with E-state index < -0.39 is 10.0 Å². The SMILES string of the molecule is C[C@@H](Nc1nc(-c2ccc(S(=O)(=O)N3CCOCC3)cc2)cs1)c1ccccc1. The topological polar surface area (TPSA) is 71.5 Å². The van der Waals surface area contributed by atoms with Gasteiger partial charge >= 0.3 is 0 Å². The molecule has 0 aliphatic carbocycles. The van der Waals surface area contributed by atoms with Gasteiger partial charge in [0.2, 0.25) is 10.0 Å². The zero-order valence-electron chi connectivity index (χ0n) is 16.1. The minimum atomic E-state index is -3.48. The third-order valence-electron chi connectivity index (χ3n) is 4.90. The van der Waals surface area contributed by atoms with Gasteiger partial charge in [0.1, 0.15) is 0 Å². The molecule has 1 fully saturated rings. The highest BCUT2D eigenvalue weighted by molar-refractivity contribution is 7.89. The number of nitrogens with one attached hydrogen (secondary N) is 1. The van der Waals surface area contributed by atoms with Crippen molar-refractivity contribution in [3.8, 4) is 11.3 Å². The molecule has 152 valence electrons. The van der Waals surface area contributed by atoms with Crippen LogP contribution in [-0.2, 0) is 14.8 Å². The first kappa shape index (κ1) is 20.0. The summed E-state index contributed by atoms with van der Waals surface area (Å²) < 4.78 is 32.2. The van der Waals surface area contributed by atoms with Crippen molar-refractivity contribution in [1.29, 1.82) is 0 Å². The molecular formula is C21H23N3O3S2. The van der Waals surface area contributed by atoms with E-state index in [1.807, 2.05) is 35.7 Å². The molecule has 3 aromatic rings. The van der Waals surface area contributed by atoms with E-state index in [0.717, 1.165) is 16.4 Å². The number of hydrogen-bond donors (Lipinski definition) is 1. The van der Waals surface area contributed by atoms with Gasteiger partial charge in [-0.1, -0.05) is 42.5 Å². The minimum absolute atomic E-state index is 0.149. The maximum absolute atomic E-state index is 12.7. The largest absolute Gasteiger partial charge is 0.379 e. The molecule has 1 N–H and O–H groups in total. The predicted molar refractivity (Wildman–Crippen MR) is 116 cm³/mol. The van der Waals surface area contributed by atoms with Crippen LogP contribution >= 0.6 is 11.3 Å². The van der Waals surface area contributed by atoms with Crippen molar-refractivity contribution >= 4 is 26.5 Å². The molecule has 8 heteroatoms. The second-order valence-corrected chi connectivity index (χ2v) is 9.65. The van der Waals surface area contributed by atoms with E-state index in [9.17, 15) is 8.42 Å². The molecule has 0 amide bonds. The summed E-state index contributed by atoms with van der Waals surface area (Å²) in [4.78, 5) is 4.96. The molecular weight excluding hydrogens is 406 g/mol. The number of morpholine rings is 1. The fraction of sp³-hybridized carbons (Fsp3) is 0.286. The Labute approximate surface area is 175 Å². The predicted octanol–water partition coefficient (Wildman–Crippen LogP) is 4.00. The molecule has 1 saturated heterocycles. The van der Waals surface area contributed by atoms with Crippen molar-refractivity contribution in [3.05, 3.63) is 65.5 Å². The average molecular weight is 430 g/mol. The van der Waals surface area contributed by atoms with Gasteiger partial charge in [-0.25, -0.2) is 13.4 Å². The van der Waals surface area contributed by atoms with Gasteiger partial charge in [-0.05, 0) is 24.6 Å². The highest BCUT2D eigenvalue weighted by Crippen LogP contribution is 2.29. The number of anilines is 1. The van der Waals surface area contributed by atoms with Crippen LogP contribution < -0.4 is 5.32 Å². The smallest absolute Gasteiger partial charge is 0.243 e. The molecule has 0 spiro atoms. The number of aromatic nitrogens is 1. The fourth-order valence-corrected chi connectivity index (χ4v) is 5.43. The highest BCUT2D eigenvalue weighted by atomic mass is 32.2. The Morgan fingerprint density at radius 2 is 1.76 bits per heavy atom. The first-order valence-electron chi connectivity index (χ1n) is 9.49. The number of thiazole rings is 1. The van der Waals surface area contributed by atoms with Crippen molar-refractivity contribution < 1.29 is 13.2 Å². The average Bonchev–Trinajstić information content (AvgIpc) is 3.23. The summed E-state index contributed by atoms with van der Waals surface area (Å²) in [6, 6.07) is 17.3. The van der Waals surface area contributed by atoms with Crippen LogP contribution in [0, 0.1) is 0 Å². The Kier molecular flexibility index (Phi) is 5.96. The van der Waals surface area contributed by atoms with Crippen LogP contribution in [0.2, 0.25) is 0 Å². The maximum Gasteiger partial charge on any atom is 0.243 e. The standard InChI is InChI=1S/C21H23N3O3S2/c1-16(17-5-3-2-4-6-17)22-21-23-20(15-28-21)18-7-9-19(10-8-18)29(25,26)24-11-13-27-14-12-24/h2-10,15-16H,11-14H2,1H3,(H,22,23)/t16-/m1/s1. The van der Waals surface area contributed by atoms with E-state index >= 15 is 0 Å². The van der Waals surface area contributed by atoms with Crippen molar-refractivity contribution in [2.75, 3.05) is 31.6 Å². The first-order valence-corrected chi connectivity index (χ1v) is 11.8. The zero-order chi connectivity index (χ0) is 20.3.